The van der Waals surface area contributed by atoms with Crippen LogP contribution in [0.25, 0.3) is 0 Å². The maximum Gasteiger partial charge on any atom is 0.274 e. The number of hydrogen-bond acceptors (Lipinski definition) is 3. The van der Waals surface area contributed by atoms with E-state index in [0.29, 0.717) is 0 Å². The highest BCUT2D eigenvalue weighted by Gasteiger charge is 2.09. The van der Waals surface area contributed by atoms with Crippen molar-refractivity contribution >= 4 is 11.8 Å². The molecule has 0 atom stereocenters. The molecule has 2 amide bonds. The van der Waals surface area contributed by atoms with Crippen LogP contribution < -0.4 is 11.1 Å². The number of amides is 2. The summed E-state index contributed by atoms with van der Waals surface area (Å²) in [5.41, 5.74) is 4.94. The first kappa shape index (κ1) is 9.91. The predicted octanol–water partition coefficient (Wildman–Crippen LogP) is -0.190. The van der Waals surface area contributed by atoms with Crippen LogP contribution in [0.3, 0.4) is 0 Å². The minimum absolute atomic E-state index is 0.152. The highest BCUT2D eigenvalue weighted by Crippen LogP contribution is 1.94. The lowest BCUT2D eigenvalue weighted by atomic mass is 10.3. The van der Waals surface area contributed by atoms with Crippen LogP contribution >= 0.6 is 0 Å². The largest absolute Gasteiger partial charge is 0.364 e. The molecule has 1 aromatic rings. The quantitative estimate of drug-likeness (QED) is 0.649. The zero-order valence-corrected chi connectivity index (χ0v) is 7.36. The molecular weight excluding hydrogens is 182 g/mol. The van der Waals surface area contributed by atoms with Crippen LogP contribution in [-0.4, -0.2) is 16.8 Å². The first-order chi connectivity index (χ1) is 6.61. The van der Waals surface area contributed by atoms with Gasteiger partial charge in [-0.05, 0) is 12.1 Å². The van der Waals surface area contributed by atoms with E-state index in [1.807, 2.05) is 0 Å². The molecule has 1 rings (SSSR count). The summed E-state index contributed by atoms with van der Waals surface area (Å²) >= 11 is 0. The second-order valence-corrected chi connectivity index (χ2v) is 2.51. The lowest BCUT2D eigenvalue weighted by Gasteiger charge is -2.03. The van der Waals surface area contributed by atoms with E-state index in [1.54, 1.807) is 12.1 Å². The molecule has 0 aliphatic carbocycles. The molecule has 5 heteroatoms. The molecule has 1 heterocycles. The van der Waals surface area contributed by atoms with Crippen molar-refractivity contribution in [3.8, 4) is 0 Å². The Labute approximate surface area is 80.6 Å². The molecule has 0 fully saturated rings. The molecule has 5 nitrogen and oxygen atoms in total. The van der Waals surface area contributed by atoms with Gasteiger partial charge in [-0.2, -0.15) is 0 Å². The summed E-state index contributed by atoms with van der Waals surface area (Å²) in [7, 11) is 0. The number of nitrogens with one attached hydrogen (secondary N) is 1. The molecule has 0 aromatic carbocycles. The zero-order valence-electron chi connectivity index (χ0n) is 7.36. The van der Waals surface area contributed by atoms with E-state index in [4.69, 9.17) is 5.73 Å². The summed E-state index contributed by atoms with van der Waals surface area (Å²) in [6.07, 6.45) is 1.47. The van der Waals surface area contributed by atoms with E-state index in [9.17, 15) is 9.59 Å². The van der Waals surface area contributed by atoms with E-state index in [2.05, 4.69) is 16.9 Å². The fraction of sp³-hybridized carbons (Fsp3) is 0. The van der Waals surface area contributed by atoms with Crippen molar-refractivity contribution in [2.24, 2.45) is 5.73 Å². The van der Waals surface area contributed by atoms with Gasteiger partial charge in [-0.3, -0.25) is 14.6 Å². The van der Waals surface area contributed by atoms with E-state index in [0.717, 1.165) is 0 Å². The normalized spacial score (nSPS) is 9.14. The minimum atomic E-state index is -0.769. The number of carbonyl (C=O) groups excluding carboxylic acids is 2. The Kier molecular flexibility index (Phi) is 2.96. The van der Waals surface area contributed by atoms with Crippen molar-refractivity contribution in [1.82, 2.24) is 10.3 Å². The number of nitrogens with two attached hydrogens (primary N) is 1. The van der Waals surface area contributed by atoms with Crippen molar-refractivity contribution in [2.75, 3.05) is 0 Å². The number of rotatable bonds is 3. The van der Waals surface area contributed by atoms with Crippen LogP contribution in [0.1, 0.15) is 10.5 Å². The lowest BCUT2D eigenvalue weighted by molar-refractivity contribution is -0.114. The molecule has 3 N–H and O–H groups in total. The third-order valence-electron chi connectivity index (χ3n) is 1.46. The topological polar surface area (TPSA) is 85.1 Å². The second kappa shape index (κ2) is 4.18. The van der Waals surface area contributed by atoms with Crippen molar-refractivity contribution in [3.05, 3.63) is 42.4 Å². The molecule has 0 radical (unpaired) electrons. The molecule has 0 aliphatic heterocycles. The fourth-order valence-corrected chi connectivity index (χ4v) is 0.760. The fourth-order valence-electron chi connectivity index (χ4n) is 0.760. The maximum atomic E-state index is 11.3. The molecule has 0 unspecified atom stereocenters. The number of nitrogens with zero attached hydrogens (tertiary/aromatic N) is 1. The van der Waals surface area contributed by atoms with Gasteiger partial charge < -0.3 is 11.1 Å². The first-order valence-electron chi connectivity index (χ1n) is 3.82. The Hall–Kier alpha value is -2.17. The van der Waals surface area contributed by atoms with Gasteiger partial charge in [0, 0.05) is 6.20 Å². The molecule has 0 aliphatic rings. The standard InChI is InChI=1S/C9H9N3O2/c1-6(8(10)13)12-9(14)7-4-2-3-5-11-7/h2-5H,1H2,(H2,10,13)(H,12,14). The van der Waals surface area contributed by atoms with Gasteiger partial charge in [0.15, 0.2) is 0 Å². The van der Waals surface area contributed by atoms with Gasteiger partial charge in [0.2, 0.25) is 0 Å². The average molecular weight is 191 g/mol. The second-order valence-electron chi connectivity index (χ2n) is 2.51. The van der Waals surface area contributed by atoms with Gasteiger partial charge in [0.1, 0.15) is 5.69 Å². The van der Waals surface area contributed by atoms with Crippen molar-refractivity contribution in [1.29, 1.82) is 0 Å². The molecule has 14 heavy (non-hydrogen) atoms. The van der Waals surface area contributed by atoms with Crippen LogP contribution in [-0.2, 0) is 4.79 Å². The van der Waals surface area contributed by atoms with E-state index < -0.39 is 11.8 Å². The summed E-state index contributed by atoms with van der Waals surface area (Å²) in [6, 6.07) is 4.86. The monoisotopic (exact) mass is 191 g/mol. The molecular formula is C9H9N3O2. The third-order valence-corrected chi connectivity index (χ3v) is 1.46. The van der Waals surface area contributed by atoms with Crippen LogP contribution in [0, 0.1) is 0 Å². The Bertz CT molecular complexity index is 373. The molecule has 0 saturated heterocycles. The van der Waals surface area contributed by atoms with Crippen LogP contribution in [0.4, 0.5) is 0 Å². The molecule has 72 valence electrons. The highest BCUT2D eigenvalue weighted by molar-refractivity contribution is 6.00. The number of carbonyl (C=O) groups is 2. The molecule has 0 spiro atoms. The van der Waals surface area contributed by atoms with Crippen LogP contribution in [0.15, 0.2) is 36.7 Å². The summed E-state index contributed by atoms with van der Waals surface area (Å²) in [5.74, 6) is -1.27. The Morgan fingerprint density at radius 1 is 1.43 bits per heavy atom. The summed E-state index contributed by atoms with van der Waals surface area (Å²) in [4.78, 5) is 25.7. The minimum Gasteiger partial charge on any atom is -0.364 e. The van der Waals surface area contributed by atoms with Crippen LogP contribution in [0.2, 0.25) is 0 Å². The Morgan fingerprint density at radius 3 is 2.64 bits per heavy atom. The van der Waals surface area contributed by atoms with Crippen molar-refractivity contribution < 1.29 is 9.59 Å². The number of pyridine rings is 1. The summed E-state index contributed by atoms with van der Waals surface area (Å²) in [6.45, 7) is 3.29. The SMILES string of the molecule is C=C(NC(=O)c1ccccn1)C(N)=O. The van der Waals surface area contributed by atoms with Gasteiger partial charge in [-0.15, -0.1) is 0 Å². The molecule has 0 bridgehead atoms. The maximum absolute atomic E-state index is 11.3. The first-order valence-corrected chi connectivity index (χ1v) is 3.82. The number of primary amides is 1. The summed E-state index contributed by atoms with van der Waals surface area (Å²) in [5, 5.41) is 2.23. The van der Waals surface area contributed by atoms with Crippen LogP contribution in [0.5, 0.6) is 0 Å². The van der Waals surface area contributed by atoms with E-state index in [1.165, 1.54) is 12.3 Å². The summed E-state index contributed by atoms with van der Waals surface area (Å²) < 4.78 is 0. The number of hydrogen-bond donors (Lipinski definition) is 2. The van der Waals surface area contributed by atoms with Gasteiger partial charge in [0.05, 0.1) is 5.70 Å². The molecule has 0 saturated carbocycles. The van der Waals surface area contributed by atoms with E-state index >= 15 is 0 Å². The highest BCUT2D eigenvalue weighted by atomic mass is 16.2. The number of aromatic nitrogens is 1. The third kappa shape index (κ3) is 2.41. The predicted molar refractivity (Wildman–Crippen MR) is 50.0 cm³/mol. The zero-order chi connectivity index (χ0) is 10.6. The smallest absolute Gasteiger partial charge is 0.274 e. The van der Waals surface area contributed by atoms with Gasteiger partial charge in [0.25, 0.3) is 11.8 Å². The lowest BCUT2D eigenvalue weighted by Crippen LogP contribution is -2.30. The van der Waals surface area contributed by atoms with Gasteiger partial charge >= 0.3 is 0 Å². The Balaban J connectivity index is 2.69. The average Bonchev–Trinajstić information content (AvgIpc) is 2.19. The van der Waals surface area contributed by atoms with Crippen molar-refractivity contribution in [3.63, 3.8) is 0 Å². The molecule has 1 aromatic heterocycles. The Morgan fingerprint density at radius 2 is 2.14 bits per heavy atom. The van der Waals surface area contributed by atoms with Crippen molar-refractivity contribution in [2.45, 2.75) is 0 Å². The van der Waals surface area contributed by atoms with Gasteiger partial charge in [-0.25, -0.2) is 0 Å². The van der Waals surface area contributed by atoms with E-state index in [-0.39, 0.29) is 11.4 Å². The van der Waals surface area contributed by atoms with Gasteiger partial charge in [-0.1, -0.05) is 12.6 Å².